The topological polar surface area (TPSA) is 47.1 Å². The minimum atomic E-state index is 0.254. The number of anilines is 1. The molecule has 21 heavy (non-hydrogen) atoms. The number of benzene rings is 1. The molecular weight excluding hydrogens is 284 g/mol. The van der Waals surface area contributed by atoms with Gasteiger partial charge in [-0.3, -0.25) is 9.58 Å². The van der Waals surface area contributed by atoms with Crippen LogP contribution in [0.3, 0.4) is 0 Å². The summed E-state index contributed by atoms with van der Waals surface area (Å²) in [6, 6.07) is 8.26. The summed E-state index contributed by atoms with van der Waals surface area (Å²) in [6.07, 6.45) is 0.848. The van der Waals surface area contributed by atoms with E-state index in [-0.39, 0.29) is 6.04 Å². The van der Waals surface area contributed by atoms with E-state index in [0.717, 1.165) is 35.1 Å². The van der Waals surface area contributed by atoms with Gasteiger partial charge in [-0.1, -0.05) is 30.7 Å². The van der Waals surface area contributed by atoms with Gasteiger partial charge in [0.15, 0.2) is 0 Å². The van der Waals surface area contributed by atoms with E-state index in [9.17, 15) is 0 Å². The van der Waals surface area contributed by atoms with Gasteiger partial charge < -0.3 is 5.73 Å². The van der Waals surface area contributed by atoms with Crippen LogP contribution in [0.5, 0.6) is 0 Å². The summed E-state index contributed by atoms with van der Waals surface area (Å²) in [4.78, 5) is 2.25. The molecule has 114 valence electrons. The Kier molecular flexibility index (Phi) is 4.91. The van der Waals surface area contributed by atoms with Crippen molar-refractivity contribution in [1.29, 1.82) is 0 Å². The molecule has 0 radical (unpaired) electrons. The average Bonchev–Trinajstić information content (AvgIpc) is 2.73. The lowest BCUT2D eigenvalue weighted by Gasteiger charge is -2.25. The first kappa shape index (κ1) is 15.9. The standard InChI is InChI=1S/C16H23ClN4/c1-5-14-16(17)15(21(4)19-14)10-20(3)11(2)12-7-6-8-13(18)9-12/h6-9,11H,5,10,18H2,1-4H3. The molecule has 0 fully saturated rings. The molecule has 1 aromatic heterocycles. The zero-order valence-corrected chi connectivity index (χ0v) is 13.9. The molecular formula is C16H23ClN4. The largest absolute Gasteiger partial charge is 0.399 e. The number of nitrogens with two attached hydrogens (primary N) is 1. The second kappa shape index (κ2) is 6.50. The van der Waals surface area contributed by atoms with E-state index < -0.39 is 0 Å². The summed E-state index contributed by atoms with van der Waals surface area (Å²) in [5.41, 5.74) is 9.86. The zero-order valence-electron chi connectivity index (χ0n) is 13.1. The van der Waals surface area contributed by atoms with Gasteiger partial charge in [0, 0.05) is 25.3 Å². The van der Waals surface area contributed by atoms with Gasteiger partial charge in [0.05, 0.1) is 16.4 Å². The van der Waals surface area contributed by atoms with E-state index in [1.54, 1.807) is 0 Å². The first-order valence-corrected chi connectivity index (χ1v) is 7.57. The van der Waals surface area contributed by atoms with Crippen molar-refractivity contribution in [3.63, 3.8) is 0 Å². The van der Waals surface area contributed by atoms with E-state index in [0.29, 0.717) is 0 Å². The van der Waals surface area contributed by atoms with Crippen LogP contribution in [0.1, 0.15) is 36.8 Å². The molecule has 2 aromatic rings. The molecule has 2 rings (SSSR count). The van der Waals surface area contributed by atoms with Crippen molar-refractivity contribution in [2.45, 2.75) is 32.9 Å². The van der Waals surface area contributed by atoms with Crippen molar-refractivity contribution >= 4 is 17.3 Å². The molecule has 1 atom stereocenters. The Morgan fingerprint density at radius 2 is 2.14 bits per heavy atom. The summed E-state index contributed by atoms with van der Waals surface area (Å²) < 4.78 is 1.88. The summed E-state index contributed by atoms with van der Waals surface area (Å²) in [6.45, 7) is 4.98. The monoisotopic (exact) mass is 306 g/mol. The molecule has 0 aliphatic carbocycles. The van der Waals surface area contributed by atoms with Gasteiger partial charge in [0.25, 0.3) is 0 Å². The van der Waals surface area contributed by atoms with Crippen LogP contribution in [0.15, 0.2) is 24.3 Å². The molecule has 0 bridgehead atoms. The molecule has 0 spiro atoms. The number of aryl methyl sites for hydroxylation is 2. The fraction of sp³-hybridized carbons (Fsp3) is 0.438. The Morgan fingerprint density at radius 1 is 1.43 bits per heavy atom. The highest BCUT2D eigenvalue weighted by molar-refractivity contribution is 6.31. The van der Waals surface area contributed by atoms with Crippen molar-refractivity contribution in [2.24, 2.45) is 7.05 Å². The fourth-order valence-electron chi connectivity index (χ4n) is 2.44. The summed E-state index contributed by atoms with van der Waals surface area (Å²) in [7, 11) is 4.03. The van der Waals surface area contributed by atoms with Crippen LogP contribution in [0.2, 0.25) is 5.02 Å². The van der Waals surface area contributed by atoms with Gasteiger partial charge in [0.1, 0.15) is 0 Å². The number of aromatic nitrogens is 2. The van der Waals surface area contributed by atoms with Gasteiger partial charge in [-0.15, -0.1) is 0 Å². The first-order chi connectivity index (χ1) is 9.93. The number of hydrogen-bond donors (Lipinski definition) is 1. The highest BCUT2D eigenvalue weighted by atomic mass is 35.5. The molecule has 1 unspecified atom stereocenters. The van der Waals surface area contributed by atoms with Crippen molar-refractivity contribution in [2.75, 3.05) is 12.8 Å². The van der Waals surface area contributed by atoms with Gasteiger partial charge in [0.2, 0.25) is 0 Å². The lowest BCUT2D eigenvalue weighted by Crippen LogP contribution is -2.23. The molecule has 1 aromatic carbocycles. The molecule has 4 nitrogen and oxygen atoms in total. The fourth-order valence-corrected chi connectivity index (χ4v) is 2.79. The molecule has 0 aliphatic rings. The predicted molar refractivity (Wildman–Crippen MR) is 88.3 cm³/mol. The van der Waals surface area contributed by atoms with Crippen molar-refractivity contribution in [3.8, 4) is 0 Å². The zero-order chi connectivity index (χ0) is 15.6. The third-order valence-corrected chi connectivity index (χ3v) is 4.39. The van der Waals surface area contributed by atoms with Gasteiger partial charge in [-0.25, -0.2) is 0 Å². The Balaban J connectivity index is 2.18. The second-order valence-corrected chi connectivity index (χ2v) is 5.82. The lowest BCUT2D eigenvalue weighted by molar-refractivity contribution is 0.246. The van der Waals surface area contributed by atoms with Crippen LogP contribution in [-0.4, -0.2) is 21.7 Å². The number of halogens is 1. The Bertz CT molecular complexity index is 621. The molecule has 2 N–H and O–H groups in total. The predicted octanol–water partition coefficient (Wildman–Crippen LogP) is 3.41. The smallest absolute Gasteiger partial charge is 0.0863 e. The summed E-state index contributed by atoms with van der Waals surface area (Å²) in [5, 5.41) is 5.25. The highest BCUT2D eigenvalue weighted by Crippen LogP contribution is 2.26. The maximum Gasteiger partial charge on any atom is 0.0863 e. The third-order valence-electron chi connectivity index (χ3n) is 3.96. The third kappa shape index (κ3) is 3.39. The van der Waals surface area contributed by atoms with Gasteiger partial charge in [-0.05, 0) is 38.1 Å². The Hall–Kier alpha value is -1.52. The molecule has 1 heterocycles. The number of nitrogen functional groups attached to an aromatic ring is 1. The molecule has 0 saturated carbocycles. The lowest BCUT2D eigenvalue weighted by atomic mass is 10.1. The maximum atomic E-state index is 6.42. The van der Waals surface area contributed by atoms with Crippen molar-refractivity contribution < 1.29 is 0 Å². The quantitative estimate of drug-likeness (QED) is 0.861. The highest BCUT2D eigenvalue weighted by Gasteiger charge is 2.18. The van der Waals surface area contributed by atoms with E-state index in [4.69, 9.17) is 17.3 Å². The van der Waals surface area contributed by atoms with Crippen LogP contribution in [-0.2, 0) is 20.0 Å². The maximum absolute atomic E-state index is 6.42. The molecule has 0 aliphatic heterocycles. The average molecular weight is 307 g/mol. The van der Waals surface area contributed by atoms with E-state index >= 15 is 0 Å². The Labute approximate surface area is 131 Å². The SMILES string of the molecule is CCc1nn(C)c(CN(C)C(C)c2cccc(N)c2)c1Cl. The Morgan fingerprint density at radius 3 is 2.71 bits per heavy atom. The van der Waals surface area contributed by atoms with Crippen LogP contribution >= 0.6 is 11.6 Å². The van der Waals surface area contributed by atoms with Crippen LogP contribution in [0.25, 0.3) is 0 Å². The van der Waals surface area contributed by atoms with Gasteiger partial charge >= 0.3 is 0 Å². The van der Waals surface area contributed by atoms with Crippen LogP contribution < -0.4 is 5.73 Å². The van der Waals surface area contributed by atoms with Crippen LogP contribution in [0, 0.1) is 0 Å². The van der Waals surface area contributed by atoms with Gasteiger partial charge in [-0.2, -0.15) is 5.10 Å². The first-order valence-electron chi connectivity index (χ1n) is 7.20. The molecule has 0 saturated heterocycles. The van der Waals surface area contributed by atoms with E-state index in [1.165, 1.54) is 5.56 Å². The van der Waals surface area contributed by atoms with E-state index in [1.807, 2.05) is 29.9 Å². The minimum Gasteiger partial charge on any atom is -0.399 e. The van der Waals surface area contributed by atoms with Crippen molar-refractivity contribution in [1.82, 2.24) is 14.7 Å². The molecule has 0 amide bonds. The number of rotatable bonds is 5. The van der Waals surface area contributed by atoms with Crippen LogP contribution in [0.4, 0.5) is 5.69 Å². The summed E-state index contributed by atoms with van der Waals surface area (Å²) >= 11 is 6.42. The summed E-state index contributed by atoms with van der Waals surface area (Å²) in [5.74, 6) is 0. The van der Waals surface area contributed by atoms with E-state index in [2.05, 4.69) is 37.0 Å². The number of hydrogen-bond acceptors (Lipinski definition) is 3. The normalized spacial score (nSPS) is 12.9. The molecule has 5 heteroatoms. The van der Waals surface area contributed by atoms with Crippen molar-refractivity contribution in [3.05, 3.63) is 46.2 Å². The minimum absolute atomic E-state index is 0.254. The second-order valence-electron chi connectivity index (χ2n) is 5.45. The number of nitrogens with zero attached hydrogens (tertiary/aromatic N) is 3.